The van der Waals surface area contributed by atoms with E-state index in [-0.39, 0.29) is 11.9 Å². The maximum atomic E-state index is 12.6. The average Bonchev–Trinajstić information content (AvgIpc) is 2.67. The van der Waals surface area contributed by atoms with Gasteiger partial charge >= 0.3 is 6.03 Å². The second kappa shape index (κ2) is 7.94. The van der Waals surface area contributed by atoms with E-state index in [0.717, 1.165) is 5.39 Å². The van der Waals surface area contributed by atoms with Crippen LogP contribution in [-0.4, -0.2) is 23.5 Å². The lowest BCUT2D eigenvalue weighted by Crippen LogP contribution is -2.28. The Morgan fingerprint density at radius 3 is 2.38 bits per heavy atom. The summed E-state index contributed by atoms with van der Waals surface area (Å²) in [4.78, 5) is 28.5. The van der Waals surface area contributed by atoms with Gasteiger partial charge in [0.2, 0.25) is 0 Å². The number of carbonyl (C=O) groups excluding carboxylic acids is 2. The molecule has 3 amide bonds. The van der Waals surface area contributed by atoms with Crippen LogP contribution >= 0.6 is 0 Å². The molecule has 0 saturated heterocycles. The molecule has 0 aliphatic heterocycles. The van der Waals surface area contributed by atoms with E-state index in [2.05, 4.69) is 27.5 Å². The topological polar surface area (TPSA) is 83.1 Å². The van der Waals surface area contributed by atoms with Gasteiger partial charge in [-0.25, -0.2) is 4.79 Å². The molecule has 2 aromatic carbocycles. The van der Waals surface area contributed by atoms with Gasteiger partial charge in [0.25, 0.3) is 5.91 Å². The molecule has 0 saturated carbocycles. The lowest BCUT2D eigenvalue weighted by atomic mass is 10.1. The van der Waals surface area contributed by atoms with Crippen molar-refractivity contribution in [3.8, 4) is 0 Å². The highest BCUT2D eigenvalue weighted by molar-refractivity contribution is 6.11. The van der Waals surface area contributed by atoms with Crippen LogP contribution < -0.4 is 16.0 Å². The molecule has 0 spiro atoms. The summed E-state index contributed by atoms with van der Waals surface area (Å²) in [7, 11) is 0. The molecule has 0 atom stereocenters. The number of benzene rings is 2. The monoisotopic (exact) mass is 346 g/mol. The van der Waals surface area contributed by atoms with Crippen LogP contribution in [0.1, 0.15) is 10.4 Å². The number of urea groups is 1. The van der Waals surface area contributed by atoms with Gasteiger partial charge in [-0.2, -0.15) is 0 Å². The van der Waals surface area contributed by atoms with Crippen molar-refractivity contribution in [1.29, 1.82) is 0 Å². The molecular formula is C20H18N4O2. The van der Waals surface area contributed by atoms with E-state index in [9.17, 15) is 9.59 Å². The van der Waals surface area contributed by atoms with Crippen molar-refractivity contribution in [2.24, 2.45) is 0 Å². The molecule has 0 aliphatic rings. The molecule has 0 radical (unpaired) electrons. The predicted octanol–water partition coefficient (Wildman–Crippen LogP) is 3.79. The Bertz CT molecular complexity index is 946. The Morgan fingerprint density at radius 2 is 1.65 bits per heavy atom. The third kappa shape index (κ3) is 4.05. The summed E-state index contributed by atoms with van der Waals surface area (Å²) in [6.07, 6.45) is 3.26. The van der Waals surface area contributed by atoms with Gasteiger partial charge in [0.05, 0.1) is 11.1 Å². The summed E-state index contributed by atoms with van der Waals surface area (Å²) in [5, 5.41) is 9.07. The minimum atomic E-state index is -0.316. The van der Waals surface area contributed by atoms with E-state index < -0.39 is 0 Å². The Hall–Kier alpha value is -3.67. The van der Waals surface area contributed by atoms with E-state index in [1.54, 1.807) is 42.6 Å². The smallest absolute Gasteiger partial charge is 0.319 e. The molecule has 26 heavy (non-hydrogen) atoms. The van der Waals surface area contributed by atoms with Crippen molar-refractivity contribution in [2.45, 2.75) is 0 Å². The van der Waals surface area contributed by atoms with Crippen LogP contribution in [-0.2, 0) is 0 Å². The number of aromatic nitrogens is 1. The number of carbonyl (C=O) groups is 2. The van der Waals surface area contributed by atoms with Gasteiger partial charge in [-0.05, 0) is 36.4 Å². The number of pyridine rings is 1. The molecule has 0 bridgehead atoms. The number of anilines is 2. The van der Waals surface area contributed by atoms with Crippen LogP contribution in [0.5, 0.6) is 0 Å². The minimum absolute atomic E-state index is 0.237. The first-order valence-corrected chi connectivity index (χ1v) is 8.08. The first kappa shape index (κ1) is 17.2. The Morgan fingerprint density at radius 1 is 0.962 bits per heavy atom. The van der Waals surface area contributed by atoms with Gasteiger partial charge in [0.1, 0.15) is 0 Å². The van der Waals surface area contributed by atoms with Gasteiger partial charge < -0.3 is 16.0 Å². The molecule has 130 valence electrons. The summed E-state index contributed by atoms with van der Waals surface area (Å²) >= 11 is 0. The predicted molar refractivity (Wildman–Crippen MR) is 103 cm³/mol. The number of para-hydroxylation sites is 1. The van der Waals surface area contributed by atoms with Crippen LogP contribution in [0.3, 0.4) is 0 Å². The Labute approximate surface area is 150 Å². The standard InChI is InChI=1S/C20H18N4O2/c1-2-12-22-20(26)24-16-10-8-15(9-11-16)23-19(25)17-7-3-5-14-6-4-13-21-18(14)17/h2-11,13H,1,12H2,(H,23,25)(H2,22,24,26). The number of nitrogens with zero attached hydrogens (tertiary/aromatic N) is 1. The van der Waals surface area contributed by atoms with E-state index in [0.29, 0.717) is 29.0 Å². The molecular weight excluding hydrogens is 328 g/mol. The van der Waals surface area contributed by atoms with Gasteiger partial charge in [-0.1, -0.05) is 24.3 Å². The molecule has 1 aromatic heterocycles. The van der Waals surface area contributed by atoms with Crippen LogP contribution in [0.25, 0.3) is 10.9 Å². The fourth-order valence-corrected chi connectivity index (χ4v) is 2.46. The third-order valence-corrected chi connectivity index (χ3v) is 3.68. The highest BCUT2D eigenvalue weighted by Crippen LogP contribution is 2.19. The van der Waals surface area contributed by atoms with Gasteiger partial charge in [-0.3, -0.25) is 9.78 Å². The molecule has 6 heteroatoms. The van der Waals surface area contributed by atoms with E-state index in [1.165, 1.54) is 0 Å². The van der Waals surface area contributed by atoms with Crippen LogP contribution in [0.15, 0.2) is 73.4 Å². The fraction of sp³-hybridized carbons (Fsp3) is 0.0500. The number of rotatable bonds is 5. The highest BCUT2D eigenvalue weighted by atomic mass is 16.2. The fourth-order valence-electron chi connectivity index (χ4n) is 2.46. The van der Waals surface area contributed by atoms with Crippen molar-refractivity contribution in [1.82, 2.24) is 10.3 Å². The molecule has 1 heterocycles. The zero-order valence-electron chi connectivity index (χ0n) is 14.0. The van der Waals surface area contributed by atoms with Crippen LogP contribution in [0.2, 0.25) is 0 Å². The van der Waals surface area contributed by atoms with Crippen LogP contribution in [0.4, 0.5) is 16.2 Å². The molecule has 3 aromatic rings. The van der Waals surface area contributed by atoms with Crippen molar-refractivity contribution in [3.63, 3.8) is 0 Å². The highest BCUT2D eigenvalue weighted by Gasteiger charge is 2.11. The summed E-state index contributed by atoms with van der Waals surface area (Å²) in [5.74, 6) is -0.237. The SMILES string of the molecule is C=CCNC(=O)Nc1ccc(NC(=O)c2cccc3cccnc23)cc1. The summed E-state index contributed by atoms with van der Waals surface area (Å²) in [5.41, 5.74) is 2.41. The normalized spacial score (nSPS) is 10.2. The largest absolute Gasteiger partial charge is 0.334 e. The number of hydrogen-bond acceptors (Lipinski definition) is 3. The zero-order valence-corrected chi connectivity index (χ0v) is 14.0. The molecule has 0 unspecified atom stereocenters. The van der Waals surface area contributed by atoms with Gasteiger partial charge in [0, 0.05) is 29.5 Å². The third-order valence-electron chi connectivity index (χ3n) is 3.68. The number of nitrogens with one attached hydrogen (secondary N) is 3. The van der Waals surface area contributed by atoms with Crippen molar-refractivity contribution >= 4 is 34.2 Å². The first-order chi connectivity index (χ1) is 12.7. The molecule has 3 N–H and O–H groups in total. The Balaban J connectivity index is 1.69. The number of amides is 3. The quantitative estimate of drug-likeness (QED) is 0.615. The summed E-state index contributed by atoms with van der Waals surface area (Å²) in [6, 6.07) is 15.8. The molecule has 3 rings (SSSR count). The van der Waals surface area contributed by atoms with E-state index in [4.69, 9.17) is 0 Å². The van der Waals surface area contributed by atoms with Crippen LogP contribution in [0, 0.1) is 0 Å². The Kier molecular flexibility index (Phi) is 5.24. The minimum Gasteiger partial charge on any atom is -0.334 e. The maximum absolute atomic E-state index is 12.6. The average molecular weight is 346 g/mol. The molecule has 0 fully saturated rings. The first-order valence-electron chi connectivity index (χ1n) is 8.08. The van der Waals surface area contributed by atoms with E-state index in [1.807, 2.05) is 24.3 Å². The second-order valence-electron chi connectivity index (χ2n) is 5.54. The summed E-state index contributed by atoms with van der Waals surface area (Å²) < 4.78 is 0. The van der Waals surface area contributed by atoms with E-state index >= 15 is 0 Å². The number of fused-ring (bicyclic) bond motifs is 1. The zero-order chi connectivity index (χ0) is 18.4. The summed E-state index contributed by atoms with van der Waals surface area (Å²) in [6.45, 7) is 3.92. The maximum Gasteiger partial charge on any atom is 0.319 e. The van der Waals surface area contributed by atoms with Gasteiger partial charge in [0.15, 0.2) is 0 Å². The lowest BCUT2D eigenvalue weighted by molar-refractivity contribution is 0.102. The van der Waals surface area contributed by atoms with Gasteiger partial charge in [-0.15, -0.1) is 6.58 Å². The molecule has 6 nitrogen and oxygen atoms in total. The van der Waals surface area contributed by atoms with Crippen molar-refractivity contribution < 1.29 is 9.59 Å². The molecule has 0 aliphatic carbocycles. The van der Waals surface area contributed by atoms with Crippen molar-refractivity contribution in [2.75, 3.05) is 17.2 Å². The second-order valence-corrected chi connectivity index (χ2v) is 5.54. The van der Waals surface area contributed by atoms with Crippen molar-refractivity contribution in [3.05, 3.63) is 79.0 Å². The number of hydrogen-bond donors (Lipinski definition) is 3. The lowest BCUT2D eigenvalue weighted by Gasteiger charge is -2.09.